The molecule has 1 fully saturated rings. The summed E-state index contributed by atoms with van der Waals surface area (Å²) in [6.45, 7) is 0. The molecule has 2 atom stereocenters. The first-order valence-electron chi connectivity index (χ1n) is 5.28. The van der Waals surface area contributed by atoms with Gasteiger partial charge in [0.15, 0.2) is 0 Å². The lowest BCUT2D eigenvalue weighted by Gasteiger charge is -2.29. The molecule has 1 saturated carbocycles. The molecule has 1 heterocycles. The topological polar surface area (TPSA) is 12.0 Å². The fourth-order valence-electron chi connectivity index (χ4n) is 2.79. The zero-order chi connectivity index (χ0) is 8.67. The number of nitrogens with one attached hydrogen (secondary N) is 1. The minimum atomic E-state index is 0.773. The van der Waals surface area contributed by atoms with Gasteiger partial charge >= 0.3 is 0 Å². The van der Waals surface area contributed by atoms with Crippen LogP contribution in [0.2, 0.25) is 0 Å². The molecule has 0 amide bonds. The lowest BCUT2D eigenvalue weighted by Crippen LogP contribution is -2.30. The molecule has 68 valence electrons. The number of hydrogen-bond donors (Lipinski definition) is 1. The van der Waals surface area contributed by atoms with Crippen molar-refractivity contribution < 1.29 is 0 Å². The second kappa shape index (κ2) is 2.76. The molecule has 0 saturated heterocycles. The summed E-state index contributed by atoms with van der Waals surface area (Å²) in [5.41, 5.74) is 2.90. The van der Waals surface area contributed by atoms with Crippen LogP contribution in [0.3, 0.4) is 0 Å². The predicted octanol–water partition coefficient (Wildman–Crippen LogP) is 2.82. The first-order chi connectivity index (χ1) is 6.43. The van der Waals surface area contributed by atoms with Crippen molar-refractivity contribution in [2.24, 2.45) is 5.92 Å². The van der Waals surface area contributed by atoms with E-state index in [4.69, 9.17) is 0 Å². The Morgan fingerprint density at radius 1 is 1.15 bits per heavy atom. The van der Waals surface area contributed by atoms with Crippen molar-refractivity contribution in [3.05, 3.63) is 29.8 Å². The summed E-state index contributed by atoms with van der Waals surface area (Å²) in [6.07, 6.45) is 5.51. The summed E-state index contributed by atoms with van der Waals surface area (Å²) in [5, 5.41) is 3.66. The molecule has 1 aliphatic carbocycles. The summed E-state index contributed by atoms with van der Waals surface area (Å²) < 4.78 is 0. The van der Waals surface area contributed by atoms with E-state index in [1.54, 1.807) is 0 Å². The molecule has 1 N–H and O–H groups in total. The van der Waals surface area contributed by atoms with E-state index in [2.05, 4.69) is 29.6 Å². The highest BCUT2D eigenvalue weighted by Gasteiger charge is 2.31. The Labute approximate surface area is 79.2 Å². The Morgan fingerprint density at radius 2 is 2.08 bits per heavy atom. The fourth-order valence-corrected chi connectivity index (χ4v) is 2.79. The Balaban J connectivity index is 1.97. The van der Waals surface area contributed by atoms with Gasteiger partial charge in [-0.05, 0) is 36.8 Å². The molecule has 2 unspecified atom stereocenters. The van der Waals surface area contributed by atoms with E-state index in [1.165, 1.54) is 36.9 Å². The Morgan fingerprint density at radius 3 is 3.08 bits per heavy atom. The minimum Gasteiger partial charge on any atom is -0.382 e. The van der Waals surface area contributed by atoms with E-state index in [1.807, 2.05) is 0 Å². The van der Waals surface area contributed by atoms with Crippen LogP contribution < -0.4 is 5.32 Å². The van der Waals surface area contributed by atoms with E-state index in [-0.39, 0.29) is 0 Å². The van der Waals surface area contributed by atoms with E-state index in [0.717, 1.165) is 12.0 Å². The van der Waals surface area contributed by atoms with Crippen LogP contribution in [0.4, 0.5) is 5.69 Å². The summed E-state index contributed by atoms with van der Waals surface area (Å²) in [5.74, 6) is 0.912. The molecule has 2 aliphatic rings. The fraction of sp³-hybridized carbons (Fsp3) is 0.500. The number of hydrogen-bond acceptors (Lipinski definition) is 1. The molecule has 1 heteroatoms. The molecular formula is C12H15N. The Hall–Kier alpha value is -0.980. The third-order valence-electron chi connectivity index (χ3n) is 3.50. The van der Waals surface area contributed by atoms with E-state index in [0.29, 0.717) is 0 Å². The van der Waals surface area contributed by atoms with Gasteiger partial charge in [-0.2, -0.15) is 0 Å². The summed E-state index contributed by atoms with van der Waals surface area (Å²) in [6, 6.07) is 9.52. The van der Waals surface area contributed by atoms with Gasteiger partial charge in [0, 0.05) is 11.7 Å². The molecule has 0 spiro atoms. The Kier molecular flexibility index (Phi) is 1.58. The second-order valence-corrected chi connectivity index (χ2v) is 4.30. The van der Waals surface area contributed by atoms with Crippen LogP contribution in [0, 0.1) is 5.92 Å². The maximum atomic E-state index is 3.66. The van der Waals surface area contributed by atoms with Crippen LogP contribution in [0.15, 0.2) is 24.3 Å². The molecule has 3 rings (SSSR count). The molecule has 1 nitrogen and oxygen atoms in total. The van der Waals surface area contributed by atoms with E-state index >= 15 is 0 Å². The van der Waals surface area contributed by atoms with Crippen LogP contribution in [0.1, 0.15) is 24.8 Å². The number of benzene rings is 1. The molecular weight excluding hydrogens is 158 g/mol. The van der Waals surface area contributed by atoms with Crippen LogP contribution in [0.25, 0.3) is 0 Å². The highest BCUT2D eigenvalue weighted by Crippen LogP contribution is 2.37. The normalized spacial score (nSPS) is 30.5. The van der Waals surface area contributed by atoms with Crippen molar-refractivity contribution in [2.75, 3.05) is 5.32 Å². The van der Waals surface area contributed by atoms with Gasteiger partial charge in [-0.15, -0.1) is 0 Å². The smallest absolute Gasteiger partial charge is 0.0375 e. The zero-order valence-corrected chi connectivity index (χ0v) is 7.79. The monoisotopic (exact) mass is 173 g/mol. The standard InChI is InChI=1S/C12H15N/c1-2-6-11-9(4-1)8-10-5-3-7-12(10)13-11/h1-2,4,6,10,12-13H,3,5,7-8H2. The third kappa shape index (κ3) is 1.14. The first-order valence-corrected chi connectivity index (χ1v) is 5.28. The van der Waals surface area contributed by atoms with Crippen LogP contribution in [0.5, 0.6) is 0 Å². The number of rotatable bonds is 0. The van der Waals surface area contributed by atoms with E-state index in [9.17, 15) is 0 Å². The molecule has 0 bridgehead atoms. The quantitative estimate of drug-likeness (QED) is 0.636. The molecule has 0 radical (unpaired) electrons. The lowest BCUT2D eigenvalue weighted by molar-refractivity contribution is 0.487. The van der Waals surface area contributed by atoms with Crippen LogP contribution >= 0.6 is 0 Å². The number of fused-ring (bicyclic) bond motifs is 2. The van der Waals surface area contributed by atoms with Gasteiger partial charge in [0.25, 0.3) is 0 Å². The van der Waals surface area contributed by atoms with Gasteiger partial charge in [-0.25, -0.2) is 0 Å². The van der Waals surface area contributed by atoms with Crippen molar-refractivity contribution in [1.29, 1.82) is 0 Å². The van der Waals surface area contributed by atoms with Gasteiger partial charge in [0.05, 0.1) is 0 Å². The maximum absolute atomic E-state index is 3.66. The highest BCUT2D eigenvalue weighted by atomic mass is 14.9. The van der Waals surface area contributed by atoms with Gasteiger partial charge in [0.1, 0.15) is 0 Å². The first kappa shape index (κ1) is 7.43. The van der Waals surface area contributed by atoms with Crippen molar-refractivity contribution in [3.63, 3.8) is 0 Å². The van der Waals surface area contributed by atoms with Crippen molar-refractivity contribution in [2.45, 2.75) is 31.7 Å². The average Bonchev–Trinajstić information content (AvgIpc) is 2.61. The second-order valence-electron chi connectivity index (χ2n) is 4.30. The van der Waals surface area contributed by atoms with Crippen molar-refractivity contribution >= 4 is 5.69 Å². The maximum Gasteiger partial charge on any atom is 0.0375 e. The lowest BCUT2D eigenvalue weighted by atomic mass is 9.89. The Bertz CT molecular complexity index is 288. The molecule has 1 aliphatic heterocycles. The van der Waals surface area contributed by atoms with Crippen LogP contribution in [-0.2, 0) is 6.42 Å². The largest absolute Gasteiger partial charge is 0.382 e. The van der Waals surface area contributed by atoms with Crippen molar-refractivity contribution in [1.82, 2.24) is 0 Å². The van der Waals surface area contributed by atoms with Gasteiger partial charge in [-0.1, -0.05) is 24.6 Å². The molecule has 1 aromatic rings. The zero-order valence-electron chi connectivity index (χ0n) is 7.79. The highest BCUT2D eigenvalue weighted by molar-refractivity contribution is 5.54. The van der Waals surface area contributed by atoms with Gasteiger partial charge in [-0.3, -0.25) is 0 Å². The van der Waals surface area contributed by atoms with Gasteiger partial charge < -0.3 is 5.32 Å². The number of para-hydroxylation sites is 1. The van der Waals surface area contributed by atoms with Crippen molar-refractivity contribution in [3.8, 4) is 0 Å². The van der Waals surface area contributed by atoms with E-state index < -0.39 is 0 Å². The minimum absolute atomic E-state index is 0.773. The molecule has 13 heavy (non-hydrogen) atoms. The summed E-state index contributed by atoms with van der Waals surface area (Å²) in [7, 11) is 0. The molecule has 0 aromatic heterocycles. The predicted molar refractivity (Wildman–Crippen MR) is 54.9 cm³/mol. The number of anilines is 1. The van der Waals surface area contributed by atoms with Gasteiger partial charge in [0.2, 0.25) is 0 Å². The summed E-state index contributed by atoms with van der Waals surface area (Å²) in [4.78, 5) is 0. The third-order valence-corrected chi connectivity index (χ3v) is 3.50. The van der Waals surface area contributed by atoms with Crippen LogP contribution in [-0.4, -0.2) is 6.04 Å². The summed E-state index contributed by atoms with van der Waals surface area (Å²) >= 11 is 0. The molecule has 1 aromatic carbocycles. The SMILES string of the molecule is c1ccc2c(c1)CC1CCCC1N2. The average molecular weight is 173 g/mol.